The van der Waals surface area contributed by atoms with Crippen LogP contribution in [0.4, 0.5) is 16.2 Å². The van der Waals surface area contributed by atoms with Gasteiger partial charge in [-0.3, -0.25) is 25.0 Å². The van der Waals surface area contributed by atoms with Gasteiger partial charge in [-0.25, -0.2) is 9.69 Å². The minimum absolute atomic E-state index is 0.0306. The Bertz CT molecular complexity index is 1740. The Balaban J connectivity index is 1.27. The van der Waals surface area contributed by atoms with E-state index in [4.69, 9.17) is 32.7 Å². The maximum Gasteiger partial charge on any atom is 0.335 e. The van der Waals surface area contributed by atoms with Gasteiger partial charge in [-0.15, -0.1) is 0 Å². The molecule has 1 saturated heterocycles. The van der Waals surface area contributed by atoms with Crippen molar-refractivity contribution in [2.75, 3.05) is 4.90 Å². The van der Waals surface area contributed by atoms with Crippen LogP contribution in [0.5, 0.6) is 11.5 Å². The van der Waals surface area contributed by atoms with E-state index in [1.807, 2.05) is 12.1 Å². The maximum atomic E-state index is 13.3. The van der Waals surface area contributed by atoms with Crippen molar-refractivity contribution in [1.29, 1.82) is 0 Å². The molecule has 1 aliphatic heterocycles. The summed E-state index contributed by atoms with van der Waals surface area (Å²) in [5.41, 5.74) is 1.98. The summed E-state index contributed by atoms with van der Waals surface area (Å²) in [6, 6.07) is 23.2. The van der Waals surface area contributed by atoms with Gasteiger partial charge in [-0.1, -0.05) is 41.4 Å². The van der Waals surface area contributed by atoms with Crippen LogP contribution in [0.3, 0.4) is 0 Å². The molecule has 0 radical (unpaired) electrons. The molecule has 4 aromatic rings. The molecule has 43 heavy (non-hydrogen) atoms. The largest absolute Gasteiger partial charge is 0.489 e. The first-order valence-electron chi connectivity index (χ1n) is 12.7. The molecule has 12 heteroatoms. The molecule has 1 fully saturated rings. The molecule has 4 amide bonds. The van der Waals surface area contributed by atoms with Crippen LogP contribution >= 0.6 is 23.2 Å². The van der Waals surface area contributed by atoms with Crippen molar-refractivity contribution < 1.29 is 28.8 Å². The number of benzene rings is 4. The first kappa shape index (κ1) is 29.3. The Labute approximate surface area is 255 Å². The molecule has 0 atom stereocenters. The predicted molar refractivity (Wildman–Crippen MR) is 160 cm³/mol. The molecule has 0 saturated carbocycles. The lowest BCUT2D eigenvalue weighted by molar-refractivity contribution is -0.384. The molecule has 0 bridgehead atoms. The average molecular weight is 618 g/mol. The topological polar surface area (TPSA) is 128 Å². The SMILES string of the molecule is O=C1NC(=O)N(c2ccc(OCc3ccc(Cl)cc3)cc2)C(=O)/C1=C/c1ccc(OCc2ccc([N+](=O)[O-])cc2)c(Cl)c1. The molecular formula is C31H21Cl2N3O7. The van der Waals surface area contributed by atoms with Crippen molar-refractivity contribution in [3.05, 3.63) is 133 Å². The monoisotopic (exact) mass is 617 g/mol. The molecule has 0 spiro atoms. The lowest BCUT2D eigenvalue weighted by atomic mass is 10.1. The summed E-state index contributed by atoms with van der Waals surface area (Å²) in [6.45, 7) is 0.408. The van der Waals surface area contributed by atoms with Crippen molar-refractivity contribution >= 4 is 58.5 Å². The number of non-ortho nitro benzene ring substituents is 1. The van der Waals surface area contributed by atoms with E-state index in [9.17, 15) is 24.5 Å². The van der Waals surface area contributed by atoms with Crippen LogP contribution in [0.15, 0.2) is 96.6 Å². The maximum absolute atomic E-state index is 13.3. The summed E-state index contributed by atoms with van der Waals surface area (Å²) in [5.74, 6) is -0.806. The number of carbonyl (C=O) groups excluding carboxylic acids is 3. The number of anilines is 1. The zero-order valence-corrected chi connectivity index (χ0v) is 23.7. The second-order valence-corrected chi connectivity index (χ2v) is 10.1. The van der Waals surface area contributed by atoms with Crippen LogP contribution in [0.2, 0.25) is 10.0 Å². The molecule has 10 nitrogen and oxygen atoms in total. The highest BCUT2D eigenvalue weighted by Gasteiger charge is 2.36. The molecule has 0 aromatic heterocycles. The van der Waals surface area contributed by atoms with Gasteiger partial charge in [-0.2, -0.15) is 0 Å². The number of nitrogens with zero attached hydrogens (tertiary/aromatic N) is 2. The number of barbiturate groups is 1. The Morgan fingerprint density at radius 3 is 2.07 bits per heavy atom. The highest BCUT2D eigenvalue weighted by molar-refractivity contribution is 6.39. The van der Waals surface area contributed by atoms with Gasteiger partial charge in [0.15, 0.2) is 0 Å². The molecule has 4 aromatic carbocycles. The molecule has 1 aliphatic rings. The van der Waals surface area contributed by atoms with E-state index in [1.54, 1.807) is 48.5 Å². The fourth-order valence-corrected chi connectivity index (χ4v) is 4.47. The number of hydrogen-bond acceptors (Lipinski definition) is 7. The van der Waals surface area contributed by atoms with Gasteiger partial charge in [0.1, 0.15) is 30.3 Å². The third kappa shape index (κ3) is 7.00. The smallest absolute Gasteiger partial charge is 0.335 e. The van der Waals surface area contributed by atoms with E-state index in [0.29, 0.717) is 34.3 Å². The first-order chi connectivity index (χ1) is 20.7. The van der Waals surface area contributed by atoms with Crippen molar-refractivity contribution in [2.45, 2.75) is 13.2 Å². The summed E-state index contributed by atoms with van der Waals surface area (Å²) < 4.78 is 11.5. The lowest BCUT2D eigenvalue weighted by Crippen LogP contribution is -2.54. The highest BCUT2D eigenvalue weighted by atomic mass is 35.5. The minimum Gasteiger partial charge on any atom is -0.489 e. The number of nitrogens with one attached hydrogen (secondary N) is 1. The van der Waals surface area contributed by atoms with Crippen LogP contribution in [-0.4, -0.2) is 22.8 Å². The molecule has 0 aliphatic carbocycles. The van der Waals surface area contributed by atoms with Gasteiger partial charge < -0.3 is 9.47 Å². The number of ether oxygens (including phenoxy) is 2. The fourth-order valence-electron chi connectivity index (χ4n) is 4.10. The van der Waals surface area contributed by atoms with Crippen LogP contribution in [0, 0.1) is 10.1 Å². The molecule has 0 unspecified atom stereocenters. The van der Waals surface area contributed by atoms with E-state index in [1.165, 1.54) is 36.4 Å². The standard InChI is InChI=1S/C31H21Cl2N3O7/c32-22-6-1-19(2-7-22)17-42-25-12-10-23(11-13-25)35-30(38)26(29(37)34-31(35)39)15-21-5-14-28(27(33)16-21)43-18-20-3-8-24(9-4-20)36(40)41/h1-16H,17-18H2,(H,34,37,39)/b26-15+. The quantitative estimate of drug-likeness (QED) is 0.0954. The minimum atomic E-state index is -0.880. The normalized spacial score (nSPS) is 14.0. The number of nitro groups is 1. The van der Waals surface area contributed by atoms with Gasteiger partial charge in [-0.05, 0) is 83.4 Å². The van der Waals surface area contributed by atoms with Gasteiger partial charge in [0.2, 0.25) is 0 Å². The summed E-state index contributed by atoms with van der Waals surface area (Å²) >= 11 is 12.3. The lowest BCUT2D eigenvalue weighted by Gasteiger charge is -2.26. The number of hydrogen-bond donors (Lipinski definition) is 1. The van der Waals surface area contributed by atoms with Gasteiger partial charge >= 0.3 is 6.03 Å². The van der Waals surface area contributed by atoms with Crippen LogP contribution in [0.25, 0.3) is 6.08 Å². The molecule has 1 N–H and O–H groups in total. The van der Waals surface area contributed by atoms with E-state index in [0.717, 1.165) is 10.5 Å². The average Bonchev–Trinajstić information content (AvgIpc) is 2.99. The number of halogens is 2. The van der Waals surface area contributed by atoms with E-state index in [-0.39, 0.29) is 28.6 Å². The molecule has 1 heterocycles. The zero-order valence-electron chi connectivity index (χ0n) is 22.2. The Morgan fingerprint density at radius 1 is 0.814 bits per heavy atom. The van der Waals surface area contributed by atoms with Crippen molar-refractivity contribution in [2.24, 2.45) is 0 Å². The van der Waals surface area contributed by atoms with Crippen LogP contribution in [0.1, 0.15) is 16.7 Å². The molecule has 5 rings (SSSR count). The van der Waals surface area contributed by atoms with Gasteiger partial charge in [0, 0.05) is 17.2 Å². The second kappa shape index (κ2) is 12.8. The summed E-state index contributed by atoms with van der Waals surface area (Å²) in [6.07, 6.45) is 1.33. The van der Waals surface area contributed by atoms with E-state index in [2.05, 4.69) is 5.32 Å². The number of carbonyl (C=O) groups is 3. The van der Waals surface area contributed by atoms with Crippen molar-refractivity contribution in [3.8, 4) is 11.5 Å². The molecular weight excluding hydrogens is 597 g/mol. The van der Waals surface area contributed by atoms with Crippen LogP contribution in [-0.2, 0) is 22.8 Å². The number of nitro benzene ring substituents is 1. The Morgan fingerprint density at radius 2 is 1.44 bits per heavy atom. The predicted octanol–water partition coefficient (Wildman–Crippen LogP) is 6.73. The summed E-state index contributed by atoms with van der Waals surface area (Å²) in [7, 11) is 0. The highest BCUT2D eigenvalue weighted by Crippen LogP contribution is 2.29. The number of amides is 4. The van der Waals surface area contributed by atoms with Gasteiger partial charge in [0.05, 0.1) is 15.6 Å². The third-order valence-electron chi connectivity index (χ3n) is 6.32. The zero-order chi connectivity index (χ0) is 30.5. The number of urea groups is 1. The van der Waals surface area contributed by atoms with Crippen LogP contribution < -0.4 is 19.7 Å². The number of rotatable bonds is 9. The second-order valence-electron chi connectivity index (χ2n) is 9.27. The summed E-state index contributed by atoms with van der Waals surface area (Å²) in [4.78, 5) is 49.7. The first-order valence-corrected chi connectivity index (χ1v) is 13.5. The van der Waals surface area contributed by atoms with E-state index < -0.39 is 22.8 Å². The van der Waals surface area contributed by atoms with Crippen molar-refractivity contribution in [3.63, 3.8) is 0 Å². The van der Waals surface area contributed by atoms with E-state index >= 15 is 0 Å². The Kier molecular flexibility index (Phi) is 8.70. The number of imide groups is 2. The Hall–Kier alpha value is -5.19. The third-order valence-corrected chi connectivity index (χ3v) is 6.87. The molecule has 216 valence electrons. The summed E-state index contributed by atoms with van der Waals surface area (Å²) in [5, 5.41) is 13.8. The fraction of sp³-hybridized carbons (Fsp3) is 0.0645. The van der Waals surface area contributed by atoms with Gasteiger partial charge in [0.25, 0.3) is 17.5 Å². The van der Waals surface area contributed by atoms with Crippen molar-refractivity contribution in [1.82, 2.24) is 5.32 Å².